The number of pyridine rings is 1. The second kappa shape index (κ2) is 10.2. The van der Waals surface area contributed by atoms with Crippen LogP contribution in [0.5, 0.6) is 0 Å². The summed E-state index contributed by atoms with van der Waals surface area (Å²) in [6, 6.07) is 1.42. The first-order chi connectivity index (χ1) is 19.3. The Labute approximate surface area is 231 Å². The molecule has 1 aliphatic heterocycles. The molecule has 2 fully saturated rings. The monoisotopic (exact) mass is 566 g/mol. The van der Waals surface area contributed by atoms with Crippen molar-refractivity contribution in [3.63, 3.8) is 0 Å². The van der Waals surface area contributed by atoms with Crippen molar-refractivity contribution in [2.24, 2.45) is 11.8 Å². The molecule has 5 heterocycles. The lowest BCUT2D eigenvalue weighted by Crippen LogP contribution is -2.49. The molecule has 40 heavy (non-hydrogen) atoms. The molecule has 6 rings (SSSR count). The van der Waals surface area contributed by atoms with Gasteiger partial charge in [-0.15, -0.1) is 5.10 Å². The summed E-state index contributed by atoms with van der Waals surface area (Å²) in [5, 5.41) is 28.2. The number of fused-ring (bicyclic) bond motifs is 1. The molecule has 2 aliphatic rings. The molecular formula is C25H24ClFN10O3. The molecule has 1 saturated carbocycles. The molecule has 206 valence electrons. The largest absolute Gasteiger partial charge is 0.481 e. The van der Waals surface area contributed by atoms with Gasteiger partial charge in [-0.25, -0.2) is 19.0 Å². The normalized spacial score (nSPS) is 15.8. The first kappa shape index (κ1) is 25.7. The highest BCUT2D eigenvalue weighted by molar-refractivity contribution is 6.31. The van der Waals surface area contributed by atoms with Crippen LogP contribution in [0.1, 0.15) is 40.5 Å². The number of allylic oxidation sites excluding steroid dienone is 1. The van der Waals surface area contributed by atoms with Gasteiger partial charge in [-0.2, -0.15) is 0 Å². The standard InChI is InChI=1S/C25H24ClFN10O3/c26-16-3-4-35-12-31-18(22(35)21(16)27)7-30-24(38)19-11-37(34-33-19)10-15-6-29-23(32-15)20(5-17(28)13-1-2-13)36-8-14(9-36)25(39)40/h3-6,11-14,28H,1-2,7-10H2,(H,29,32)(H,30,38)(H,39,40)/b20-5+,28-17?. The number of hydrogen-bond donors (Lipinski definition) is 4. The predicted octanol–water partition coefficient (Wildman–Crippen LogP) is 2.21. The van der Waals surface area contributed by atoms with Crippen LogP contribution in [0.2, 0.25) is 5.02 Å². The number of imidazole rings is 2. The van der Waals surface area contributed by atoms with Crippen molar-refractivity contribution in [3.05, 3.63) is 70.8 Å². The number of aromatic amines is 1. The third-order valence-corrected chi connectivity index (χ3v) is 7.23. The van der Waals surface area contributed by atoms with Gasteiger partial charge in [-0.05, 0) is 25.0 Å². The SMILES string of the molecule is N=C(/C=C(\c1nc(Cn2cc(C(=O)NCc3ncn4ccc(Cl)c(F)c34)nn2)c[nH]1)N1CC(C(=O)O)C1)C1CC1. The Balaban J connectivity index is 1.11. The van der Waals surface area contributed by atoms with Gasteiger partial charge in [0.2, 0.25) is 0 Å². The van der Waals surface area contributed by atoms with Crippen LogP contribution < -0.4 is 5.32 Å². The van der Waals surface area contributed by atoms with Crippen LogP contribution in [0.3, 0.4) is 0 Å². The topological polar surface area (TPSA) is 170 Å². The highest BCUT2D eigenvalue weighted by Crippen LogP contribution is 2.33. The van der Waals surface area contributed by atoms with Crippen LogP contribution in [0.4, 0.5) is 4.39 Å². The van der Waals surface area contributed by atoms with Crippen molar-refractivity contribution in [1.82, 2.24) is 44.6 Å². The van der Waals surface area contributed by atoms with Gasteiger partial charge in [0.1, 0.15) is 5.52 Å². The first-order valence-electron chi connectivity index (χ1n) is 12.6. The fourth-order valence-corrected chi connectivity index (χ4v) is 4.63. The van der Waals surface area contributed by atoms with Gasteiger partial charge < -0.3 is 30.1 Å². The molecule has 0 bridgehead atoms. The number of carboxylic acid groups (broad SMARTS) is 1. The Morgan fingerprint density at radius 1 is 1.30 bits per heavy atom. The molecule has 0 atom stereocenters. The fourth-order valence-electron chi connectivity index (χ4n) is 4.49. The predicted molar refractivity (Wildman–Crippen MR) is 140 cm³/mol. The summed E-state index contributed by atoms with van der Waals surface area (Å²) in [7, 11) is 0. The van der Waals surface area contributed by atoms with Crippen molar-refractivity contribution < 1.29 is 19.1 Å². The second-order valence-electron chi connectivity index (χ2n) is 9.85. The van der Waals surface area contributed by atoms with Crippen molar-refractivity contribution >= 4 is 40.4 Å². The Morgan fingerprint density at radius 3 is 2.85 bits per heavy atom. The zero-order valence-electron chi connectivity index (χ0n) is 21.0. The van der Waals surface area contributed by atoms with Gasteiger partial charge in [0, 0.05) is 37.1 Å². The third-order valence-electron chi connectivity index (χ3n) is 6.93. The van der Waals surface area contributed by atoms with Gasteiger partial charge in [-0.1, -0.05) is 16.8 Å². The summed E-state index contributed by atoms with van der Waals surface area (Å²) in [6.07, 6.45) is 9.91. The lowest BCUT2D eigenvalue weighted by molar-refractivity contribution is -0.145. The number of aliphatic carboxylic acids is 1. The number of carboxylic acids is 1. The number of likely N-dealkylation sites (tertiary alicyclic amines) is 1. The van der Waals surface area contributed by atoms with E-state index in [4.69, 9.17) is 17.0 Å². The van der Waals surface area contributed by atoms with E-state index < -0.39 is 23.6 Å². The summed E-state index contributed by atoms with van der Waals surface area (Å²) in [6.45, 7) is 0.889. The van der Waals surface area contributed by atoms with Crippen LogP contribution in [0.15, 0.2) is 37.1 Å². The zero-order chi connectivity index (χ0) is 28.0. The van der Waals surface area contributed by atoms with Gasteiger partial charge in [0.05, 0.1) is 53.6 Å². The second-order valence-corrected chi connectivity index (χ2v) is 10.3. The molecular weight excluding hydrogens is 543 g/mol. The summed E-state index contributed by atoms with van der Waals surface area (Å²) in [4.78, 5) is 37.7. The van der Waals surface area contributed by atoms with E-state index >= 15 is 0 Å². The number of rotatable bonds is 10. The van der Waals surface area contributed by atoms with Crippen molar-refractivity contribution in [1.29, 1.82) is 5.41 Å². The molecule has 0 unspecified atom stereocenters. The van der Waals surface area contributed by atoms with Crippen LogP contribution in [-0.2, 0) is 17.9 Å². The summed E-state index contributed by atoms with van der Waals surface area (Å²) < 4.78 is 17.4. The number of carbonyl (C=O) groups excluding carboxylic acids is 1. The Kier molecular flexibility index (Phi) is 6.54. The third kappa shape index (κ3) is 5.04. The minimum atomic E-state index is -0.839. The van der Waals surface area contributed by atoms with Gasteiger partial charge >= 0.3 is 5.97 Å². The van der Waals surface area contributed by atoms with E-state index in [1.165, 1.54) is 27.7 Å². The average Bonchev–Trinajstić information content (AvgIpc) is 3.28. The van der Waals surface area contributed by atoms with E-state index in [1.54, 1.807) is 18.5 Å². The van der Waals surface area contributed by atoms with E-state index in [1.807, 2.05) is 4.90 Å². The minimum absolute atomic E-state index is 0.0353. The molecule has 0 spiro atoms. The van der Waals surface area contributed by atoms with Crippen LogP contribution in [-0.4, -0.2) is 75.0 Å². The molecule has 4 N–H and O–H groups in total. The summed E-state index contributed by atoms with van der Waals surface area (Å²) in [5.41, 5.74) is 2.37. The number of aromatic nitrogens is 7. The molecule has 1 aliphatic carbocycles. The number of hydrogen-bond acceptors (Lipinski definition) is 8. The number of nitrogens with zero attached hydrogens (tertiary/aromatic N) is 7. The number of carbonyl (C=O) groups is 2. The molecule has 4 aromatic heterocycles. The highest BCUT2D eigenvalue weighted by atomic mass is 35.5. The summed E-state index contributed by atoms with van der Waals surface area (Å²) in [5.74, 6) is -1.64. The van der Waals surface area contributed by atoms with Crippen molar-refractivity contribution in [3.8, 4) is 0 Å². The summed E-state index contributed by atoms with van der Waals surface area (Å²) >= 11 is 5.87. The Hall–Kier alpha value is -4.59. The lowest BCUT2D eigenvalue weighted by Gasteiger charge is -2.39. The van der Waals surface area contributed by atoms with E-state index in [2.05, 4.69) is 30.6 Å². The van der Waals surface area contributed by atoms with Crippen LogP contribution >= 0.6 is 11.6 Å². The van der Waals surface area contributed by atoms with Gasteiger partial charge in [-0.3, -0.25) is 9.59 Å². The van der Waals surface area contributed by atoms with Gasteiger partial charge in [0.25, 0.3) is 5.91 Å². The molecule has 0 aromatic carbocycles. The molecule has 4 aromatic rings. The maximum Gasteiger partial charge on any atom is 0.310 e. The quantitative estimate of drug-likeness (QED) is 0.212. The molecule has 15 heteroatoms. The average molecular weight is 567 g/mol. The van der Waals surface area contributed by atoms with Crippen LogP contribution in [0, 0.1) is 23.1 Å². The number of amides is 1. The lowest BCUT2D eigenvalue weighted by atomic mass is 9.99. The Bertz CT molecular complexity index is 1660. The minimum Gasteiger partial charge on any atom is -0.481 e. The maximum atomic E-state index is 14.4. The van der Waals surface area contributed by atoms with E-state index in [0.29, 0.717) is 41.7 Å². The number of halogens is 2. The maximum absolute atomic E-state index is 14.4. The zero-order valence-corrected chi connectivity index (χ0v) is 21.8. The van der Waals surface area contributed by atoms with E-state index in [-0.39, 0.29) is 35.2 Å². The number of nitrogens with one attached hydrogen (secondary N) is 3. The van der Waals surface area contributed by atoms with Crippen molar-refractivity contribution in [2.75, 3.05) is 13.1 Å². The Morgan fingerprint density at radius 2 is 2.10 bits per heavy atom. The first-order valence-corrected chi connectivity index (χ1v) is 12.9. The van der Waals surface area contributed by atoms with Crippen LogP contribution in [0.25, 0.3) is 11.2 Å². The number of H-pyrrole nitrogens is 1. The molecule has 1 saturated heterocycles. The van der Waals surface area contributed by atoms with Gasteiger partial charge in [0.15, 0.2) is 17.3 Å². The fraction of sp³-hybridized carbons (Fsp3) is 0.320. The molecule has 13 nitrogen and oxygen atoms in total. The van der Waals surface area contributed by atoms with Crippen molar-refractivity contribution in [2.45, 2.75) is 25.9 Å². The molecule has 1 amide bonds. The molecule has 0 radical (unpaired) electrons. The smallest absolute Gasteiger partial charge is 0.310 e. The van der Waals surface area contributed by atoms with E-state index in [9.17, 15) is 19.1 Å². The van der Waals surface area contributed by atoms with E-state index in [0.717, 1.165) is 12.8 Å². The highest BCUT2D eigenvalue weighted by Gasteiger charge is 2.36.